The molecule has 2 atom stereocenters. The number of likely N-dealkylation sites (tertiary alicyclic amines) is 1. The fraction of sp³-hybridized carbons (Fsp3) is 0.714. The van der Waals surface area contributed by atoms with E-state index in [4.69, 9.17) is 0 Å². The van der Waals surface area contributed by atoms with Gasteiger partial charge in [0.25, 0.3) is 0 Å². The van der Waals surface area contributed by atoms with Gasteiger partial charge in [0.05, 0.1) is 17.7 Å². The first-order chi connectivity index (χ1) is 8.61. The number of rotatable bonds is 3. The van der Waals surface area contributed by atoms with Gasteiger partial charge in [-0.1, -0.05) is 13.8 Å². The smallest absolute Gasteiger partial charge is 0.0659 e. The van der Waals surface area contributed by atoms with Crippen LogP contribution in [-0.4, -0.2) is 27.8 Å². The summed E-state index contributed by atoms with van der Waals surface area (Å²) >= 11 is 0. The Bertz CT molecular complexity index is 429. The summed E-state index contributed by atoms with van der Waals surface area (Å²) in [5, 5.41) is 13.4. The molecule has 1 aliphatic heterocycles. The number of nitriles is 1. The Hall–Kier alpha value is -1.34. The lowest BCUT2D eigenvalue weighted by Gasteiger charge is -2.37. The monoisotopic (exact) mass is 246 g/mol. The predicted molar refractivity (Wildman–Crippen MR) is 70.5 cm³/mol. The minimum absolute atomic E-state index is 0.229. The molecule has 4 nitrogen and oxygen atoms in total. The second-order valence-corrected chi connectivity index (χ2v) is 5.61. The van der Waals surface area contributed by atoms with Crippen LogP contribution in [0.2, 0.25) is 0 Å². The Kier molecular flexibility index (Phi) is 4.03. The van der Waals surface area contributed by atoms with E-state index in [1.54, 1.807) is 0 Å². The van der Waals surface area contributed by atoms with Crippen molar-refractivity contribution in [3.05, 3.63) is 18.0 Å². The summed E-state index contributed by atoms with van der Waals surface area (Å²) in [7, 11) is 1.98. The number of piperidine rings is 1. The maximum Gasteiger partial charge on any atom is 0.0659 e. The second-order valence-electron chi connectivity index (χ2n) is 5.61. The molecule has 1 fully saturated rings. The third kappa shape index (κ3) is 2.73. The van der Waals surface area contributed by atoms with Gasteiger partial charge in [0.1, 0.15) is 0 Å². The second kappa shape index (κ2) is 5.53. The van der Waals surface area contributed by atoms with Crippen molar-refractivity contribution in [1.29, 1.82) is 5.26 Å². The van der Waals surface area contributed by atoms with E-state index >= 15 is 0 Å². The Morgan fingerprint density at radius 3 is 2.89 bits per heavy atom. The molecule has 1 aromatic rings. The summed E-state index contributed by atoms with van der Waals surface area (Å²) < 4.78 is 1.93. The first kappa shape index (κ1) is 13.1. The van der Waals surface area contributed by atoms with Crippen LogP contribution in [0.5, 0.6) is 0 Å². The van der Waals surface area contributed by atoms with Crippen LogP contribution in [0.25, 0.3) is 0 Å². The quantitative estimate of drug-likeness (QED) is 0.820. The molecule has 0 bridgehead atoms. The van der Waals surface area contributed by atoms with Crippen LogP contribution < -0.4 is 0 Å². The van der Waals surface area contributed by atoms with E-state index in [0.717, 1.165) is 26.1 Å². The van der Waals surface area contributed by atoms with Gasteiger partial charge in [0.15, 0.2) is 0 Å². The molecule has 0 aromatic carbocycles. The van der Waals surface area contributed by atoms with E-state index in [-0.39, 0.29) is 5.92 Å². The maximum atomic E-state index is 9.21. The van der Waals surface area contributed by atoms with E-state index in [0.29, 0.717) is 11.8 Å². The largest absolute Gasteiger partial charge is 0.297 e. The highest BCUT2D eigenvalue weighted by atomic mass is 15.3. The van der Waals surface area contributed by atoms with Crippen molar-refractivity contribution in [3.63, 3.8) is 0 Å². The van der Waals surface area contributed by atoms with Gasteiger partial charge in [-0.25, -0.2) is 0 Å². The van der Waals surface area contributed by atoms with Crippen LogP contribution in [0.3, 0.4) is 0 Å². The molecule has 2 heterocycles. The summed E-state index contributed by atoms with van der Waals surface area (Å²) in [5.74, 6) is 1.30. The van der Waals surface area contributed by atoms with Crippen molar-refractivity contribution in [2.45, 2.75) is 26.8 Å². The number of aryl methyl sites for hydroxylation is 1. The Morgan fingerprint density at radius 1 is 1.56 bits per heavy atom. The molecule has 98 valence electrons. The minimum Gasteiger partial charge on any atom is -0.297 e. The normalized spacial score (nSPS) is 25.3. The van der Waals surface area contributed by atoms with Crippen LogP contribution >= 0.6 is 0 Å². The van der Waals surface area contributed by atoms with Crippen molar-refractivity contribution < 1.29 is 0 Å². The van der Waals surface area contributed by atoms with Gasteiger partial charge < -0.3 is 0 Å². The van der Waals surface area contributed by atoms with Gasteiger partial charge in [-0.05, 0) is 30.9 Å². The molecule has 4 heteroatoms. The average Bonchev–Trinajstić information content (AvgIpc) is 2.75. The minimum atomic E-state index is 0.229. The molecule has 1 aliphatic rings. The zero-order chi connectivity index (χ0) is 13.1. The zero-order valence-corrected chi connectivity index (χ0v) is 11.5. The molecule has 2 unspecified atom stereocenters. The Labute approximate surface area is 109 Å². The molecular formula is C14H22N4. The maximum absolute atomic E-state index is 9.21. The van der Waals surface area contributed by atoms with E-state index in [9.17, 15) is 5.26 Å². The fourth-order valence-corrected chi connectivity index (χ4v) is 2.82. The van der Waals surface area contributed by atoms with Crippen molar-refractivity contribution in [2.24, 2.45) is 24.8 Å². The molecule has 0 radical (unpaired) electrons. The van der Waals surface area contributed by atoms with Crippen molar-refractivity contribution in [1.82, 2.24) is 14.7 Å². The van der Waals surface area contributed by atoms with E-state index in [2.05, 4.69) is 36.0 Å². The molecule has 0 amide bonds. The average molecular weight is 246 g/mol. The van der Waals surface area contributed by atoms with Crippen molar-refractivity contribution in [3.8, 4) is 6.07 Å². The highest BCUT2D eigenvalue weighted by Gasteiger charge is 2.31. The summed E-state index contributed by atoms with van der Waals surface area (Å²) in [6.45, 7) is 7.44. The Morgan fingerprint density at radius 2 is 2.33 bits per heavy atom. The fourth-order valence-electron chi connectivity index (χ4n) is 2.82. The molecule has 1 saturated heterocycles. The summed E-state index contributed by atoms with van der Waals surface area (Å²) in [6.07, 6.45) is 2.84. The number of hydrogen-bond acceptors (Lipinski definition) is 3. The lowest BCUT2D eigenvalue weighted by molar-refractivity contribution is 0.106. The van der Waals surface area contributed by atoms with Gasteiger partial charge in [0.2, 0.25) is 0 Å². The third-order valence-corrected chi connectivity index (χ3v) is 4.07. The summed E-state index contributed by atoms with van der Waals surface area (Å²) in [5.41, 5.74) is 1.24. The van der Waals surface area contributed by atoms with Crippen LogP contribution in [0, 0.1) is 29.1 Å². The van der Waals surface area contributed by atoms with Gasteiger partial charge in [-0.2, -0.15) is 10.4 Å². The van der Waals surface area contributed by atoms with Crippen LogP contribution in [-0.2, 0) is 13.6 Å². The topological polar surface area (TPSA) is 44.9 Å². The van der Waals surface area contributed by atoms with E-state index < -0.39 is 0 Å². The number of hydrogen-bond donors (Lipinski definition) is 0. The van der Waals surface area contributed by atoms with E-state index in [1.807, 2.05) is 17.9 Å². The van der Waals surface area contributed by atoms with Crippen LogP contribution in [0.1, 0.15) is 26.0 Å². The third-order valence-electron chi connectivity index (χ3n) is 4.07. The van der Waals surface area contributed by atoms with Gasteiger partial charge in [-0.15, -0.1) is 0 Å². The molecule has 0 aliphatic carbocycles. The lowest BCUT2D eigenvalue weighted by Crippen LogP contribution is -2.42. The van der Waals surface area contributed by atoms with Gasteiger partial charge in [-0.3, -0.25) is 9.58 Å². The standard InChI is InChI=1S/C14H22N4/c1-11(2)14-10-18(7-5-12(14)8-15)9-13-4-6-16-17(13)3/h4,6,11-12,14H,5,7,9-10H2,1-3H3. The summed E-state index contributed by atoms with van der Waals surface area (Å²) in [4.78, 5) is 2.45. The van der Waals surface area contributed by atoms with Gasteiger partial charge >= 0.3 is 0 Å². The molecule has 18 heavy (non-hydrogen) atoms. The molecule has 0 N–H and O–H groups in total. The summed E-state index contributed by atoms with van der Waals surface area (Å²) in [6, 6.07) is 4.55. The lowest BCUT2D eigenvalue weighted by atomic mass is 9.79. The first-order valence-electron chi connectivity index (χ1n) is 6.70. The van der Waals surface area contributed by atoms with E-state index in [1.165, 1.54) is 5.69 Å². The highest BCUT2D eigenvalue weighted by molar-refractivity contribution is 5.01. The van der Waals surface area contributed by atoms with Crippen molar-refractivity contribution >= 4 is 0 Å². The molecule has 0 saturated carbocycles. The zero-order valence-electron chi connectivity index (χ0n) is 11.5. The molecular weight excluding hydrogens is 224 g/mol. The van der Waals surface area contributed by atoms with Gasteiger partial charge in [0, 0.05) is 26.3 Å². The van der Waals surface area contributed by atoms with Crippen LogP contribution in [0.15, 0.2) is 12.3 Å². The molecule has 0 spiro atoms. The molecule has 2 rings (SSSR count). The predicted octanol–water partition coefficient (Wildman–Crippen LogP) is 2.04. The van der Waals surface area contributed by atoms with Crippen LogP contribution in [0.4, 0.5) is 0 Å². The molecule has 1 aromatic heterocycles. The highest BCUT2D eigenvalue weighted by Crippen LogP contribution is 2.29. The Balaban J connectivity index is 2.01. The number of nitrogens with zero attached hydrogens (tertiary/aromatic N) is 4. The SMILES string of the molecule is CC(C)C1CN(Cc2ccnn2C)CCC1C#N. The first-order valence-corrected chi connectivity index (χ1v) is 6.70. The number of aromatic nitrogens is 2. The van der Waals surface area contributed by atoms with Crippen molar-refractivity contribution in [2.75, 3.05) is 13.1 Å².